The van der Waals surface area contributed by atoms with Gasteiger partial charge in [-0.25, -0.2) is 0 Å². The van der Waals surface area contributed by atoms with E-state index in [9.17, 15) is 0 Å². The van der Waals surface area contributed by atoms with E-state index in [0.717, 1.165) is 5.69 Å². The van der Waals surface area contributed by atoms with Gasteiger partial charge >= 0.3 is 0 Å². The summed E-state index contributed by atoms with van der Waals surface area (Å²) in [6, 6.07) is 5.58. The lowest BCUT2D eigenvalue weighted by atomic mass is 10.1. The van der Waals surface area contributed by atoms with E-state index in [-0.39, 0.29) is 5.54 Å². The third kappa shape index (κ3) is 3.29. The molecule has 0 radical (unpaired) electrons. The summed E-state index contributed by atoms with van der Waals surface area (Å²) in [7, 11) is 1.60. The zero-order valence-electron chi connectivity index (χ0n) is 9.30. The molecule has 1 aromatic rings. The van der Waals surface area contributed by atoms with Crippen LogP contribution >= 0.6 is 11.6 Å². The van der Waals surface area contributed by atoms with Gasteiger partial charge in [0.2, 0.25) is 0 Å². The number of hydrogen-bond donors (Lipinski definition) is 2. The highest BCUT2D eigenvalue weighted by Gasteiger charge is 2.15. The van der Waals surface area contributed by atoms with Crippen LogP contribution in [0.1, 0.15) is 13.8 Å². The number of nitrogens with one attached hydrogen (secondary N) is 1. The van der Waals surface area contributed by atoms with Crippen LogP contribution in [-0.2, 0) is 0 Å². The standard InChI is InChI=1S/C11H17ClN2O/c1-11(2,7-13)14-8-4-5-10(15-3)9(12)6-8/h4-6,14H,7,13H2,1-3H3. The molecule has 0 atom stereocenters. The summed E-state index contributed by atoms with van der Waals surface area (Å²) in [4.78, 5) is 0. The molecule has 3 N–H and O–H groups in total. The Kier molecular flexibility index (Phi) is 3.83. The highest BCUT2D eigenvalue weighted by atomic mass is 35.5. The molecule has 1 aromatic carbocycles. The number of rotatable bonds is 4. The molecule has 0 fully saturated rings. The molecule has 0 aliphatic rings. The van der Waals surface area contributed by atoms with E-state index < -0.39 is 0 Å². The van der Waals surface area contributed by atoms with E-state index >= 15 is 0 Å². The Morgan fingerprint density at radius 1 is 1.47 bits per heavy atom. The normalized spacial score (nSPS) is 11.3. The second-order valence-corrected chi connectivity index (χ2v) is 4.47. The van der Waals surface area contributed by atoms with Crippen molar-refractivity contribution in [3.8, 4) is 5.75 Å². The van der Waals surface area contributed by atoms with Gasteiger partial charge in [0.1, 0.15) is 5.75 Å². The number of hydrogen-bond acceptors (Lipinski definition) is 3. The predicted octanol–water partition coefficient (Wildman–Crippen LogP) is 2.50. The summed E-state index contributed by atoms with van der Waals surface area (Å²) in [5.74, 6) is 0.674. The molecule has 0 bridgehead atoms. The molecule has 0 saturated heterocycles. The Balaban J connectivity index is 2.84. The molecule has 4 heteroatoms. The molecule has 15 heavy (non-hydrogen) atoms. The lowest BCUT2D eigenvalue weighted by molar-refractivity contribution is 0.415. The van der Waals surface area contributed by atoms with Gasteiger partial charge in [0.25, 0.3) is 0 Å². The zero-order chi connectivity index (χ0) is 11.5. The predicted molar refractivity (Wildman–Crippen MR) is 64.8 cm³/mol. The number of benzene rings is 1. The lowest BCUT2D eigenvalue weighted by Crippen LogP contribution is -2.39. The maximum Gasteiger partial charge on any atom is 0.137 e. The summed E-state index contributed by atoms with van der Waals surface area (Å²) < 4.78 is 5.07. The van der Waals surface area contributed by atoms with Gasteiger partial charge in [0, 0.05) is 17.8 Å². The second-order valence-electron chi connectivity index (χ2n) is 4.06. The first-order chi connectivity index (χ1) is 6.98. The van der Waals surface area contributed by atoms with E-state index in [4.69, 9.17) is 22.1 Å². The number of anilines is 1. The van der Waals surface area contributed by atoms with Crippen LogP contribution in [-0.4, -0.2) is 19.2 Å². The minimum atomic E-state index is -0.141. The van der Waals surface area contributed by atoms with E-state index in [1.165, 1.54) is 0 Å². The molecule has 0 amide bonds. The molecule has 0 aliphatic heterocycles. The fourth-order valence-corrected chi connectivity index (χ4v) is 1.44. The molecule has 84 valence electrons. The van der Waals surface area contributed by atoms with Gasteiger partial charge in [-0.15, -0.1) is 0 Å². The van der Waals surface area contributed by atoms with Crippen LogP contribution in [0.5, 0.6) is 5.75 Å². The van der Waals surface area contributed by atoms with Gasteiger partial charge in [-0.3, -0.25) is 0 Å². The summed E-state index contributed by atoms with van der Waals surface area (Å²) in [5, 5.41) is 3.89. The average molecular weight is 229 g/mol. The summed E-state index contributed by atoms with van der Waals surface area (Å²) >= 11 is 6.01. The van der Waals surface area contributed by atoms with Crippen molar-refractivity contribution in [2.24, 2.45) is 5.73 Å². The van der Waals surface area contributed by atoms with Crippen molar-refractivity contribution in [2.75, 3.05) is 19.0 Å². The van der Waals surface area contributed by atoms with E-state index in [1.54, 1.807) is 7.11 Å². The maximum atomic E-state index is 6.01. The topological polar surface area (TPSA) is 47.3 Å². The van der Waals surface area contributed by atoms with Crippen molar-refractivity contribution in [3.05, 3.63) is 23.2 Å². The second kappa shape index (κ2) is 4.73. The van der Waals surface area contributed by atoms with Crippen LogP contribution < -0.4 is 15.8 Å². The molecule has 3 nitrogen and oxygen atoms in total. The van der Waals surface area contributed by atoms with Crippen molar-refractivity contribution >= 4 is 17.3 Å². The molecule has 0 heterocycles. The third-order valence-corrected chi connectivity index (χ3v) is 2.44. The Bertz CT molecular complexity index is 339. The highest BCUT2D eigenvalue weighted by Crippen LogP contribution is 2.28. The molecule has 1 rings (SSSR count). The molecule has 0 unspecified atom stereocenters. The minimum Gasteiger partial charge on any atom is -0.495 e. The van der Waals surface area contributed by atoms with Crippen molar-refractivity contribution < 1.29 is 4.74 Å². The monoisotopic (exact) mass is 228 g/mol. The van der Waals surface area contributed by atoms with E-state index in [2.05, 4.69) is 5.32 Å². The third-order valence-electron chi connectivity index (χ3n) is 2.14. The summed E-state index contributed by atoms with van der Waals surface area (Å²) in [6.07, 6.45) is 0. The Labute approximate surface area is 95.6 Å². The Hall–Kier alpha value is -0.930. The highest BCUT2D eigenvalue weighted by molar-refractivity contribution is 6.32. The van der Waals surface area contributed by atoms with Gasteiger partial charge in [-0.2, -0.15) is 0 Å². The molecule has 0 aromatic heterocycles. The minimum absolute atomic E-state index is 0.141. The van der Waals surface area contributed by atoms with Gasteiger partial charge in [0.05, 0.1) is 12.1 Å². The van der Waals surface area contributed by atoms with Crippen molar-refractivity contribution in [1.82, 2.24) is 0 Å². The molecular formula is C11H17ClN2O. The van der Waals surface area contributed by atoms with Crippen LogP contribution in [0.25, 0.3) is 0 Å². The zero-order valence-corrected chi connectivity index (χ0v) is 10.1. The Morgan fingerprint density at radius 2 is 2.13 bits per heavy atom. The Morgan fingerprint density at radius 3 is 2.60 bits per heavy atom. The lowest BCUT2D eigenvalue weighted by Gasteiger charge is -2.25. The number of halogens is 1. The first-order valence-electron chi connectivity index (χ1n) is 4.80. The quantitative estimate of drug-likeness (QED) is 0.833. The fraction of sp³-hybridized carbons (Fsp3) is 0.455. The van der Waals surface area contributed by atoms with Crippen molar-refractivity contribution in [2.45, 2.75) is 19.4 Å². The van der Waals surface area contributed by atoms with Gasteiger partial charge in [-0.1, -0.05) is 11.6 Å². The summed E-state index contributed by atoms with van der Waals surface area (Å²) in [6.45, 7) is 4.62. The SMILES string of the molecule is COc1ccc(NC(C)(C)CN)cc1Cl. The molecule has 0 saturated carbocycles. The first kappa shape index (κ1) is 12.1. The van der Waals surface area contributed by atoms with Crippen LogP contribution in [0.4, 0.5) is 5.69 Å². The molecular weight excluding hydrogens is 212 g/mol. The van der Waals surface area contributed by atoms with Gasteiger partial charge in [0.15, 0.2) is 0 Å². The van der Waals surface area contributed by atoms with Gasteiger partial charge < -0.3 is 15.8 Å². The number of ether oxygens (including phenoxy) is 1. The van der Waals surface area contributed by atoms with Crippen LogP contribution in [0.2, 0.25) is 5.02 Å². The molecule has 0 spiro atoms. The van der Waals surface area contributed by atoms with E-state index in [0.29, 0.717) is 17.3 Å². The van der Waals surface area contributed by atoms with Crippen LogP contribution in [0.3, 0.4) is 0 Å². The summed E-state index contributed by atoms with van der Waals surface area (Å²) in [5.41, 5.74) is 6.43. The fourth-order valence-electron chi connectivity index (χ4n) is 1.19. The van der Waals surface area contributed by atoms with Crippen LogP contribution in [0, 0.1) is 0 Å². The van der Waals surface area contributed by atoms with Crippen LogP contribution in [0.15, 0.2) is 18.2 Å². The van der Waals surface area contributed by atoms with Crippen molar-refractivity contribution in [1.29, 1.82) is 0 Å². The molecule has 0 aliphatic carbocycles. The average Bonchev–Trinajstić information content (AvgIpc) is 2.17. The van der Waals surface area contributed by atoms with Gasteiger partial charge in [-0.05, 0) is 32.0 Å². The largest absolute Gasteiger partial charge is 0.495 e. The number of methoxy groups -OCH3 is 1. The van der Waals surface area contributed by atoms with Crippen molar-refractivity contribution in [3.63, 3.8) is 0 Å². The van der Waals surface area contributed by atoms with E-state index in [1.807, 2.05) is 32.0 Å². The smallest absolute Gasteiger partial charge is 0.137 e. The first-order valence-corrected chi connectivity index (χ1v) is 5.18. The maximum absolute atomic E-state index is 6.01. The number of nitrogens with two attached hydrogens (primary N) is 1.